The SMILES string of the molecule is Cc1cc(-n2ccnc2C#N)nc(C)n1. The lowest BCUT2D eigenvalue weighted by molar-refractivity contribution is 0.907. The monoisotopic (exact) mass is 199 g/mol. The molecule has 2 aromatic rings. The van der Waals surface area contributed by atoms with Crippen LogP contribution in [0.25, 0.3) is 5.82 Å². The summed E-state index contributed by atoms with van der Waals surface area (Å²) in [4.78, 5) is 12.3. The maximum atomic E-state index is 8.83. The van der Waals surface area contributed by atoms with Gasteiger partial charge in [-0.1, -0.05) is 0 Å². The van der Waals surface area contributed by atoms with Crippen LogP contribution < -0.4 is 0 Å². The van der Waals surface area contributed by atoms with Crippen molar-refractivity contribution in [3.63, 3.8) is 0 Å². The van der Waals surface area contributed by atoms with Crippen molar-refractivity contribution in [1.82, 2.24) is 19.5 Å². The molecule has 0 aliphatic rings. The van der Waals surface area contributed by atoms with E-state index in [0.29, 0.717) is 17.5 Å². The number of aryl methyl sites for hydroxylation is 2. The summed E-state index contributed by atoms with van der Waals surface area (Å²) in [6.45, 7) is 3.71. The number of nitriles is 1. The van der Waals surface area contributed by atoms with Gasteiger partial charge in [-0.15, -0.1) is 0 Å². The average molecular weight is 199 g/mol. The zero-order chi connectivity index (χ0) is 10.8. The highest BCUT2D eigenvalue weighted by Crippen LogP contribution is 2.08. The Morgan fingerprint density at radius 2 is 2.13 bits per heavy atom. The van der Waals surface area contributed by atoms with E-state index in [9.17, 15) is 0 Å². The molecule has 0 fully saturated rings. The number of rotatable bonds is 1. The van der Waals surface area contributed by atoms with Gasteiger partial charge in [0.15, 0.2) is 0 Å². The molecule has 0 atom stereocenters. The molecule has 0 amide bonds. The van der Waals surface area contributed by atoms with Crippen LogP contribution in [-0.2, 0) is 0 Å². The van der Waals surface area contributed by atoms with E-state index in [2.05, 4.69) is 15.0 Å². The molecular weight excluding hydrogens is 190 g/mol. The van der Waals surface area contributed by atoms with E-state index in [0.717, 1.165) is 5.69 Å². The van der Waals surface area contributed by atoms with Crippen molar-refractivity contribution in [3.05, 3.63) is 35.8 Å². The molecular formula is C10H9N5. The van der Waals surface area contributed by atoms with Crippen LogP contribution in [0.5, 0.6) is 0 Å². The van der Waals surface area contributed by atoms with E-state index in [1.54, 1.807) is 17.0 Å². The molecule has 0 aromatic carbocycles. The standard InChI is InChI=1S/C10H9N5/c1-7-5-9(14-8(2)13-7)15-4-3-12-10(15)6-11/h3-5H,1-2H3. The van der Waals surface area contributed by atoms with Gasteiger partial charge in [0.25, 0.3) is 0 Å². The second-order valence-corrected chi connectivity index (χ2v) is 3.15. The van der Waals surface area contributed by atoms with E-state index in [1.165, 1.54) is 0 Å². The van der Waals surface area contributed by atoms with Gasteiger partial charge in [-0.05, 0) is 13.8 Å². The Bertz CT molecular complexity index is 515. The van der Waals surface area contributed by atoms with Gasteiger partial charge >= 0.3 is 0 Å². The van der Waals surface area contributed by atoms with E-state index in [-0.39, 0.29) is 0 Å². The largest absolute Gasteiger partial charge is 0.275 e. The molecule has 74 valence electrons. The van der Waals surface area contributed by atoms with Crippen molar-refractivity contribution in [3.8, 4) is 11.9 Å². The Morgan fingerprint density at radius 1 is 1.33 bits per heavy atom. The third kappa shape index (κ3) is 1.70. The molecule has 0 saturated carbocycles. The first-order valence-corrected chi connectivity index (χ1v) is 4.47. The van der Waals surface area contributed by atoms with Gasteiger partial charge in [-0.3, -0.25) is 4.57 Å². The minimum absolute atomic E-state index is 0.326. The quantitative estimate of drug-likeness (QED) is 0.691. The summed E-state index contributed by atoms with van der Waals surface area (Å²) in [5.41, 5.74) is 0.870. The lowest BCUT2D eigenvalue weighted by Gasteiger charge is -2.04. The van der Waals surface area contributed by atoms with Crippen LogP contribution in [0, 0.1) is 25.2 Å². The summed E-state index contributed by atoms with van der Waals surface area (Å²) in [6, 6.07) is 3.82. The molecule has 0 radical (unpaired) electrons. The minimum atomic E-state index is 0.326. The van der Waals surface area contributed by atoms with Gasteiger partial charge in [-0.2, -0.15) is 5.26 Å². The van der Waals surface area contributed by atoms with Crippen LogP contribution in [0.15, 0.2) is 18.5 Å². The summed E-state index contributed by atoms with van der Waals surface area (Å²) in [7, 11) is 0. The molecule has 0 aliphatic carbocycles. The second kappa shape index (κ2) is 3.50. The van der Waals surface area contributed by atoms with Crippen molar-refractivity contribution in [1.29, 1.82) is 5.26 Å². The zero-order valence-electron chi connectivity index (χ0n) is 8.47. The fourth-order valence-electron chi connectivity index (χ4n) is 1.39. The molecule has 15 heavy (non-hydrogen) atoms. The van der Waals surface area contributed by atoms with Gasteiger partial charge in [0.2, 0.25) is 5.82 Å². The smallest absolute Gasteiger partial charge is 0.218 e. The zero-order valence-corrected chi connectivity index (χ0v) is 8.47. The normalized spacial score (nSPS) is 9.93. The molecule has 0 spiro atoms. The molecule has 0 saturated heterocycles. The van der Waals surface area contributed by atoms with Crippen LogP contribution in [-0.4, -0.2) is 19.5 Å². The lowest BCUT2D eigenvalue weighted by atomic mass is 10.4. The molecule has 5 heteroatoms. The first-order chi connectivity index (χ1) is 7.20. The first kappa shape index (κ1) is 9.34. The van der Waals surface area contributed by atoms with Crippen molar-refractivity contribution < 1.29 is 0 Å². The Morgan fingerprint density at radius 3 is 2.80 bits per heavy atom. The summed E-state index contributed by atoms with van der Waals surface area (Å²) < 4.78 is 1.64. The maximum absolute atomic E-state index is 8.83. The number of hydrogen-bond acceptors (Lipinski definition) is 4. The second-order valence-electron chi connectivity index (χ2n) is 3.15. The molecule has 0 aliphatic heterocycles. The predicted octanol–water partition coefficient (Wildman–Crippen LogP) is 1.15. The van der Waals surface area contributed by atoms with E-state index in [4.69, 9.17) is 5.26 Å². The Kier molecular flexibility index (Phi) is 2.18. The predicted molar refractivity (Wildman–Crippen MR) is 53.3 cm³/mol. The van der Waals surface area contributed by atoms with Crippen molar-refractivity contribution >= 4 is 0 Å². The fourth-order valence-corrected chi connectivity index (χ4v) is 1.39. The molecule has 2 rings (SSSR count). The van der Waals surface area contributed by atoms with Crippen LogP contribution in [0.4, 0.5) is 0 Å². The first-order valence-electron chi connectivity index (χ1n) is 4.47. The number of aromatic nitrogens is 4. The minimum Gasteiger partial charge on any atom is -0.275 e. The van der Waals surface area contributed by atoms with Crippen LogP contribution in [0.2, 0.25) is 0 Å². The number of hydrogen-bond donors (Lipinski definition) is 0. The molecule has 5 nitrogen and oxygen atoms in total. The summed E-state index contributed by atoms with van der Waals surface area (Å²) in [5, 5.41) is 8.83. The van der Waals surface area contributed by atoms with E-state index in [1.807, 2.05) is 26.0 Å². The third-order valence-corrected chi connectivity index (χ3v) is 1.94. The summed E-state index contributed by atoms with van der Waals surface area (Å²) in [6.07, 6.45) is 3.28. The van der Waals surface area contributed by atoms with E-state index >= 15 is 0 Å². The highest BCUT2D eigenvalue weighted by atomic mass is 15.1. The van der Waals surface area contributed by atoms with Gasteiger partial charge < -0.3 is 0 Å². The highest BCUT2D eigenvalue weighted by molar-refractivity contribution is 5.30. The summed E-state index contributed by atoms with van der Waals surface area (Å²) >= 11 is 0. The van der Waals surface area contributed by atoms with Crippen LogP contribution >= 0.6 is 0 Å². The lowest BCUT2D eigenvalue weighted by Crippen LogP contribution is -2.03. The average Bonchev–Trinajstić information content (AvgIpc) is 2.63. The van der Waals surface area contributed by atoms with Crippen molar-refractivity contribution in [2.45, 2.75) is 13.8 Å². The van der Waals surface area contributed by atoms with Crippen molar-refractivity contribution in [2.75, 3.05) is 0 Å². The molecule has 2 aromatic heterocycles. The van der Waals surface area contributed by atoms with Crippen LogP contribution in [0.3, 0.4) is 0 Å². The molecule has 0 bridgehead atoms. The third-order valence-electron chi connectivity index (χ3n) is 1.94. The number of imidazole rings is 1. The van der Waals surface area contributed by atoms with Gasteiger partial charge in [0, 0.05) is 24.2 Å². The van der Waals surface area contributed by atoms with E-state index < -0.39 is 0 Å². The Labute approximate surface area is 87.1 Å². The Hall–Kier alpha value is -2.22. The molecule has 2 heterocycles. The molecule has 0 unspecified atom stereocenters. The maximum Gasteiger partial charge on any atom is 0.218 e. The molecule has 0 N–H and O–H groups in total. The Balaban J connectivity index is 2.60. The fraction of sp³-hybridized carbons (Fsp3) is 0.200. The van der Waals surface area contributed by atoms with Gasteiger partial charge in [0.05, 0.1) is 0 Å². The topological polar surface area (TPSA) is 67.4 Å². The number of nitrogens with zero attached hydrogens (tertiary/aromatic N) is 5. The van der Waals surface area contributed by atoms with Gasteiger partial charge in [-0.25, -0.2) is 15.0 Å². The van der Waals surface area contributed by atoms with Gasteiger partial charge in [0.1, 0.15) is 17.7 Å². The van der Waals surface area contributed by atoms with Crippen LogP contribution in [0.1, 0.15) is 17.3 Å². The van der Waals surface area contributed by atoms with Crippen molar-refractivity contribution in [2.24, 2.45) is 0 Å². The highest BCUT2D eigenvalue weighted by Gasteiger charge is 2.06. The summed E-state index contributed by atoms with van der Waals surface area (Å²) in [5.74, 6) is 1.68.